The van der Waals surface area contributed by atoms with Gasteiger partial charge < -0.3 is 0 Å². The molecule has 1 heterocycles. The average Bonchev–Trinajstić information content (AvgIpc) is 2.43. The number of nitrogens with one attached hydrogen (secondary N) is 1. The number of hydrogen-bond donors (Lipinski definition) is 1. The standard InChI is InChI=1S/C14H10ClFN2O2S/c1-2-5-18-13(20)9(12(19)17-14(18)21)6-8-3-4-10(15)11(16)7-8/h2-4,6-7H,1,5H2,(H,17,19,21). The zero-order valence-corrected chi connectivity index (χ0v) is 12.3. The predicted molar refractivity (Wildman–Crippen MR) is 82.0 cm³/mol. The van der Waals surface area contributed by atoms with Crippen LogP contribution < -0.4 is 5.32 Å². The van der Waals surface area contributed by atoms with Crippen LogP contribution in [0.1, 0.15) is 5.56 Å². The van der Waals surface area contributed by atoms with Crippen molar-refractivity contribution in [1.82, 2.24) is 10.2 Å². The molecule has 0 unspecified atom stereocenters. The van der Waals surface area contributed by atoms with E-state index in [1.807, 2.05) is 0 Å². The highest BCUT2D eigenvalue weighted by molar-refractivity contribution is 7.80. The van der Waals surface area contributed by atoms with Crippen molar-refractivity contribution in [3.63, 3.8) is 0 Å². The van der Waals surface area contributed by atoms with E-state index >= 15 is 0 Å². The molecule has 1 aliphatic heterocycles. The smallest absolute Gasteiger partial charge is 0.265 e. The molecule has 21 heavy (non-hydrogen) atoms. The number of amides is 2. The first-order valence-corrected chi connectivity index (χ1v) is 6.67. The molecule has 0 aliphatic carbocycles. The molecule has 108 valence electrons. The van der Waals surface area contributed by atoms with E-state index in [1.54, 1.807) is 0 Å². The van der Waals surface area contributed by atoms with Crippen LogP contribution in [0.5, 0.6) is 0 Å². The van der Waals surface area contributed by atoms with Gasteiger partial charge >= 0.3 is 0 Å². The summed E-state index contributed by atoms with van der Waals surface area (Å²) in [6, 6.07) is 3.99. The van der Waals surface area contributed by atoms with Gasteiger partial charge in [0.25, 0.3) is 11.8 Å². The summed E-state index contributed by atoms with van der Waals surface area (Å²) in [4.78, 5) is 25.3. The number of nitrogens with zero attached hydrogens (tertiary/aromatic N) is 1. The third kappa shape index (κ3) is 3.17. The first kappa shape index (κ1) is 15.3. The maximum Gasteiger partial charge on any atom is 0.265 e. The minimum absolute atomic E-state index is 0.0179. The van der Waals surface area contributed by atoms with E-state index < -0.39 is 17.6 Å². The lowest BCUT2D eigenvalue weighted by molar-refractivity contribution is -0.128. The summed E-state index contributed by atoms with van der Waals surface area (Å²) in [6.07, 6.45) is 2.77. The molecule has 0 spiro atoms. The predicted octanol–water partition coefficient (Wildman–Crippen LogP) is 2.29. The van der Waals surface area contributed by atoms with Crippen LogP contribution >= 0.6 is 23.8 Å². The highest BCUT2D eigenvalue weighted by atomic mass is 35.5. The third-order valence-corrected chi connectivity index (χ3v) is 3.38. The largest absolute Gasteiger partial charge is 0.298 e. The van der Waals surface area contributed by atoms with Gasteiger partial charge in [-0.25, -0.2) is 4.39 Å². The molecule has 1 N–H and O–H groups in total. The van der Waals surface area contributed by atoms with Gasteiger partial charge in [-0.05, 0) is 36.0 Å². The Kier molecular flexibility index (Phi) is 4.50. The molecule has 0 radical (unpaired) electrons. The Hall–Kier alpha value is -2.05. The van der Waals surface area contributed by atoms with Crippen LogP contribution in [-0.2, 0) is 9.59 Å². The zero-order chi connectivity index (χ0) is 15.6. The quantitative estimate of drug-likeness (QED) is 0.402. The lowest BCUT2D eigenvalue weighted by Crippen LogP contribution is -2.53. The summed E-state index contributed by atoms with van der Waals surface area (Å²) in [5.41, 5.74) is 0.217. The molecule has 7 heteroatoms. The van der Waals surface area contributed by atoms with Crippen molar-refractivity contribution in [1.29, 1.82) is 0 Å². The van der Waals surface area contributed by atoms with Gasteiger partial charge in [0.2, 0.25) is 0 Å². The second-order valence-electron chi connectivity index (χ2n) is 4.20. The van der Waals surface area contributed by atoms with Gasteiger partial charge in [0, 0.05) is 6.54 Å². The molecule has 0 saturated carbocycles. The zero-order valence-electron chi connectivity index (χ0n) is 10.7. The SMILES string of the molecule is C=CCN1C(=O)C(=Cc2ccc(Cl)c(F)c2)C(=O)NC1=S. The van der Waals surface area contributed by atoms with Crippen LogP contribution in [-0.4, -0.2) is 28.4 Å². The normalized spacial score (nSPS) is 17.1. The van der Waals surface area contributed by atoms with Crippen molar-refractivity contribution in [2.75, 3.05) is 6.54 Å². The number of carbonyl (C=O) groups excluding carboxylic acids is 2. The Morgan fingerprint density at radius 2 is 2.14 bits per heavy atom. The molecule has 0 bridgehead atoms. The molecule has 1 aliphatic rings. The van der Waals surface area contributed by atoms with Crippen molar-refractivity contribution >= 4 is 46.8 Å². The number of benzene rings is 1. The summed E-state index contributed by atoms with van der Waals surface area (Å²) in [6.45, 7) is 3.69. The molecule has 2 amide bonds. The first-order chi connectivity index (χ1) is 9.93. The lowest BCUT2D eigenvalue weighted by atomic mass is 10.1. The second-order valence-corrected chi connectivity index (χ2v) is 4.99. The highest BCUT2D eigenvalue weighted by Gasteiger charge is 2.32. The van der Waals surface area contributed by atoms with E-state index in [0.717, 1.165) is 6.07 Å². The molecule has 0 aromatic heterocycles. The van der Waals surface area contributed by atoms with Crippen LogP contribution in [0.2, 0.25) is 5.02 Å². The lowest BCUT2D eigenvalue weighted by Gasteiger charge is -2.27. The minimum atomic E-state index is -0.631. The molecule has 1 aromatic rings. The number of carbonyl (C=O) groups is 2. The van der Waals surface area contributed by atoms with Gasteiger partial charge in [0.15, 0.2) is 5.11 Å². The Bertz CT molecular complexity index is 688. The fourth-order valence-electron chi connectivity index (χ4n) is 1.76. The number of hydrogen-bond acceptors (Lipinski definition) is 3. The Morgan fingerprint density at radius 1 is 1.43 bits per heavy atom. The molecule has 4 nitrogen and oxygen atoms in total. The molecule has 2 rings (SSSR count). The van der Waals surface area contributed by atoms with E-state index in [2.05, 4.69) is 11.9 Å². The van der Waals surface area contributed by atoms with Crippen LogP contribution in [0.15, 0.2) is 36.4 Å². The van der Waals surface area contributed by atoms with Crippen LogP contribution in [0, 0.1) is 5.82 Å². The molecular formula is C14H10ClFN2O2S. The molecular weight excluding hydrogens is 315 g/mol. The van der Waals surface area contributed by atoms with Crippen molar-refractivity contribution < 1.29 is 14.0 Å². The van der Waals surface area contributed by atoms with Gasteiger partial charge in [0.1, 0.15) is 11.4 Å². The van der Waals surface area contributed by atoms with E-state index in [9.17, 15) is 14.0 Å². The van der Waals surface area contributed by atoms with E-state index in [4.69, 9.17) is 23.8 Å². The molecule has 1 aromatic carbocycles. The maximum absolute atomic E-state index is 13.4. The maximum atomic E-state index is 13.4. The number of rotatable bonds is 3. The van der Waals surface area contributed by atoms with Crippen molar-refractivity contribution in [3.05, 3.63) is 52.8 Å². The van der Waals surface area contributed by atoms with Gasteiger partial charge in [-0.2, -0.15) is 0 Å². The summed E-state index contributed by atoms with van der Waals surface area (Å²) < 4.78 is 13.4. The van der Waals surface area contributed by atoms with Gasteiger partial charge in [-0.1, -0.05) is 23.7 Å². The number of halogens is 2. The van der Waals surface area contributed by atoms with Crippen LogP contribution in [0.4, 0.5) is 4.39 Å². The molecule has 0 atom stereocenters. The van der Waals surface area contributed by atoms with Crippen LogP contribution in [0.25, 0.3) is 6.08 Å². The van der Waals surface area contributed by atoms with Gasteiger partial charge in [-0.3, -0.25) is 19.8 Å². The Morgan fingerprint density at radius 3 is 2.76 bits per heavy atom. The average molecular weight is 325 g/mol. The van der Waals surface area contributed by atoms with E-state index in [0.29, 0.717) is 5.56 Å². The van der Waals surface area contributed by atoms with E-state index in [-0.39, 0.29) is 22.3 Å². The summed E-state index contributed by atoms with van der Waals surface area (Å²) in [5.74, 6) is -1.81. The van der Waals surface area contributed by atoms with Gasteiger partial charge in [0.05, 0.1) is 5.02 Å². The highest BCUT2D eigenvalue weighted by Crippen LogP contribution is 2.19. The van der Waals surface area contributed by atoms with E-state index in [1.165, 1.54) is 29.2 Å². The monoisotopic (exact) mass is 324 g/mol. The topological polar surface area (TPSA) is 49.4 Å². The van der Waals surface area contributed by atoms with Crippen LogP contribution in [0.3, 0.4) is 0 Å². The fraction of sp³-hybridized carbons (Fsp3) is 0.0714. The molecule has 1 saturated heterocycles. The Labute approximate surface area is 130 Å². The van der Waals surface area contributed by atoms with Gasteiger partial charge in [-0.15, -0.1) is 6.58 Å². The molecule has 1 fully saturated rings. The first-order valence-electron chi connectivity index (χ1n) is 5.89. The third-order valence-electron chi connectivity index (χ3n) is 2.75. The Balaban J connectivity index is 2.40. The summed E-state index contributed by atoms with van der Waals surface area (Å²) >= 11 is 10.5. The minimum Gasteiger partial charge on any atom is -0.298 e. The summed E-state index contributed by atoms with van der Waals surface area (Å²) in [5, 5.41) is 2.38. The second kappa shape index (κ2) is 6.15. The number of thiocarbonyl (C=S) groups is 1. The van der Waals surface area contributed by atoms with Crippen molar-refractivity contribution in [2.45, 2.75) is 0 Å². The fourth-order valence-corrected chi connectivity index (χ4v) is 2.13. The van der Waals surface area contributed by atoms with Crippen molar-refractivity contribution in [2.24, 2.45) is 0 Å². The van der Waals surface area contributed by atoms with Crippen molar-refractivity contribution in [3.8, 4) is 0 Å². The summed E-state index contributed by atoms with van der Waals surface area (Å²) in [7, 11) is 0.